The van der Waals surface area contributed by atoms with Crippen molar-refractivity contribution in [1.82, 2.24) is 9.97 Å². The van der Waals surface area contributed by atoms with Gasteiger partial charge in [0.1, 0.15) is 23.9 Å². The van der Waals surface area contributed by atoms with Crippen LogP contribution >= 0.6 is 11.3 Å². The van der Waals surface area contributed by atoms with Crippen molar-refractivity contribution in [2.75, 3.05) is 0 Å². The van der Waals surface area contributed by atoms with Gasteiger partial charge in [0, 0.05) is 12.3 Å². The van der Waals surface area contributed by atoms with Crippen LogP contribution in [0.2, 0.25) is 0 Å². The number of aromatic nitrogens is 2. The fraction of sp³-hybridized carbons (Fsp3) is 0. The third kappa shape index (κ3) is 1.00. The van der Waals surface area contributed by atoms with Crippen LogP contribution in [-0.2, 0) is 0 Å². The van der Waals surface area contributed by atoms with Gasteiger partial charge in [0.25, 0.3) is 0 Å². The quantitative estimate of drug-likeness (QED) is 0.653. The number of aliphatic imine (C=N–C) groups is 2. The summed E-state index contributed by atoms with van der Waals surface area (Å²) in [6.45, 7) is 0. The highest BCUT2D eigenvalue weighted by molar-refractivity contribution is 7.20. The van der Waals surface area contributed by atoms with Crippen LogP contribution in [0.3, 0.4) is 0 Å². The number of fused-ring (bicyclic) bond motifs is 3. The average molecular weight is 200 g/mol. The molecule has 14 heavy (non-hydrogen) atoms. The zero-order chi connectivity index (χ0) is 9.38. The second kappa shape index (κ2) is 2.83. The number of nitrogens with zero attached hydrogens (tertiary/aromatic N) is 4. The van der Waals surface area contributed by atoms with E-state index in [2.05, 4.69) is 25.8 Å². The third-order valence-electron chi connectivity index (χ3n) is 1.87. The van der Waals surface area contributed by atoms with Gasteiger partial charge in [-0.2, -0.15) is 4.99 Å². The zero-order valence-corrected chi connectivity index (χ0v) is 7.82. The van der Waals surface area contributed by atoms with E-state index in [1.807, 2.05) is 6.08 Å². The normalized spacial score (nSPS) is 13.1. The van der Waals surface area contributed by atoms with E-state index in [0.717, 1.165) is 20.8 Å². The Labute approximate surface area is 83.4 Å². The molecule has 0 bridgehead atoms. The van der Waals surface area contributed by atoms with Crippen molar-refractivity contribution in [2.45, 2.75) is 0 Å². The van der Waals surface area contributed by atoms with Crippen molar-refractivity contribution in [3.05, 3.63) is 17.4 Å². The fourth-order valence-electron chi connectivity index (χ4n) is 1.29. The van der Waals surface area contributed by atoms with Crippen LogP contribution in [0.1, 0.15) is 4.88 Å². The van der Waals surface area contributed by atoms with Crippen molar-refractivity contribution in [3.8, 4) is 0 Å². The van der Waals surface area contributed by atoms with Crippen molar-refractivity contribution < 1.29 is 0 Å². The summed E-state index contributed by atoms with van der Waals surface area (Å²) in [5.74, 6) is 2.78. The maximum atomic E-state index is 4.21. The largest absolute Gasteiger partial charge is 0.243 e. The molecule has 0 amide bonds. The van der Waals surface area contributed by atoms with Gasteiger partial charge in [0.15, 0.2) is 0 Å². The summed E-state index contributed by atoms with van der Waals surface area (Å²) in [6, 6.07) is 0. The molecular formula is C9H4N4S. The summed E-state index contributed by atoms with van der Waals surface area (Å²) in [7, 11) is 0. The van der Waals surface area contributed by atoms with E-state index in [4.69, 9.17) is 0 Å². The lowest BCUT2D eigenvalue weighted by molar-refractivity contribution is 1.23. The number of hydrogen-bond acceptors (Lipinski definition) is 5. The van der Waals surface area contributed by atoms with Crippen LogP contribution in [0, 0.1) is 0 Å². The molecule has 0 radical (unpaired) electrons. The molecule has 3 rings (SSSR count). The van der Waals surface area contributed by atoms with E-state index in [-0.39, 0.29) is 0 Å². The second-order valence-electron chi connectivity index (χ2n) is 2.70. The first-order chi connectivity index (χ1) is 6.95. The molecule has 0 spiro atoms. The van der Waals surface area contributed by atoms with Crippen LogP contribution in [0.4, 0.5) is 5.69 Å². The maximum Gasteiger partial charge on any atom is 0.126 e. The first-order valence-electron chi connectivity index (χ1n) is 3.99. The topological polar surface area (TPSA) is 50.5 Å². The molecule has 1 aliphatic heterocycles. The molecular weight excluding hydrogens is 196 g/mol. The van der Waals surface area contributed by atoms with E-state index in [1.54, 1.807) is 17.5 Å². The Morgan fingerprint density at radius 3 is 3.36 bits per heavy atom. The minimum Gasteiger partial charge on any atom is -0.243 e. The highest BCUT2D eigenvalue weighted by Crippen LogP contribution is 2.36. The summed E-state index contributed by atoms with van der Waals surface area (Å²) in [6.07, 6.45) is 6.62. The standard InChI is InChI=1S/C9H4N4S/c1-2-10-4-12-8-6(1)14-7-3-11-5-13-9(7)8/h1,3-5H. The molecule has 0 aromatic carbocycles. The van der Waals surface area contributed by atoms with E-state index in [0.29, 0.717) is 0 Å². The summed E-state index contributed by atoms with van der Waals surface area (Å²) in [5, 5.41) is 0. The molecule has 0 saturated heterocycles. The van der Waals surface area contributed by atoms with Crippen molar-refractivity contribution >= 4 is 45.5 Å². The van der Waals surface area contributed by atoms with Crippen molar-refractivity contribution in [1.29, 1.82) is 0 Å². The molecule has 0 unspecified atom stereocenters. The van der Waals surface area contributed by atoms with Gasteiger partial charge >= 0.3 is 0 Å². The molecule has 1 aliphatic rings. The fourth-order valence-corrected chi connectivity index (χ4v) is 2.25. The second-order valence-corrected chi connectivity index (χ2v) is 3.78. The number of hydrogen-bond donors (Lipinski definition) is 0. The van der Waals surface area contributed by atoms with E-state index in [9.17, 15) is 0 Å². The monoisotopic (exact) mass is 200 g/mol. The van der Waals surface area contributed by atoms with Crippen LogP contribution in [-0.4, -0.2) is 22.2 Å². The minimum absolute atomic E-state index is 0.862. The lowest BCUT2D eigenvalue weighted by Crippen LogP contribution is -1.75. The van der Waals surface area contributed by atoms with Gasteiger partial charge < -0.3 is 0 Å². The van der Waals surface area contributed by atoms with Gasteiger partial charge in [0.2, 0.25) is 0 Å². The molecule has 3 heterocycles. The molecule has 2 aromatic rings. The van der Waals surface area contributed by atoms with E-state index in [1.165, 1.54) is 12.7 Å². The summed E-state index contributed by atoms with van der Waals surface area (Å²) in [4.78, 5) is 17.2. The number of rotatable bonds is 0. The Balaban J connectivity index is 2.46. The molecule has 0 aliphatic carbocycles. The molecule has 0 N–H and O–H groups in total. The Morgan fingerprint density at radius 2 is 2.36 bits per heavy atom. The lowest BCUT2D eigenvalue weighted by atomic mass is 10.3. The molecule has 4 nitrogen and oxygen atoms in total. The minimum atomic E-state index is 0.862. The van der Waals surface area contributed by atoms with Crippen LogP contribution in [0.5, 0.6) is 0 Å². The molecule has 0 saturated carbocycles. The predicted octanol–water partition coefficient (Wildman–Crippen LogP) is 2.05. The molecule has 5 heteroatoms. The van der Waals surface area contributed by atoms with Crippen molar-refractivity contribution in [3.63, 3.8) is 0 Å². The first kappa shape index (κ1) is 7.55. The SMILES string of the molecule is C1=Cc2sc3cncnc3c2N=CN=1. The average Bonchev–Trinajstić information content (AvgIpc) is 2.42. The summed E-state index contributed by atoms with van der Waals surface area (Å²) >= 11 is 1.60. The lowest BCUT2D eigenvalue weighted by Gasteiger charge is -1.88. The Bertz CT molecular complexity index is 590. The van der Waals surface area contributed by atoms with Crippen LogP contribution in [0.25, 0.3) is 16.3 Å². The first-order valence-corrected chi connectivity index (χ1v) is 4.80. The molecule has 0 fully saturated rings. The Morgan fingerprint density at radius 1 is 1.36 bits per heavy atom. The maximum absolute atomic E-state index is 4.21. The Kier molecular flexibility index (Phi) is 1.53. The summed E-state index contributed by atoms with van der Waals surface area (Å²) in [5.41, 5.74) is 1.74. The van der Waals surface area contributed by atoms with Gasteiger partial charge in [-0.3, -0.25) is 0 Å². The van der Waals surface area contributed by atoms with Crippen LogP contribution in [0.15, 0.2) is 22.5 Å². The smallest absolute Gasteiger partial charge is 0.126 e. The van der Waals surface area contributed by atoms with Crippen molar-refractivity contribution in [2.24, 2.45) is 9.98 Å². The third-order valence-corrected chi connectivity index (χ3v) is 2.92. The Hall–Kier alpha value is -1.84. The van der Waals surface area contributed by atoms with Gasteiger partial charge in [-0.1, -0.05) is 0 Å². The molecule has 2 aromatic heterocycles. The number of thiophene rings is 1. The highest BCUT2D eigenvalue weighted by Gasteiger charge is 2.10. The van der Waals surface area contributed by atoms with Gasteiger partial charge in [-0.15, -0.1) is 11.3 Å². The predicted molar refractivity (Wildman–Crippen MR) is 57.5 cm³/mol. The van der Waals surface area contributed by atoms with E-state index >= 15 is 0 Å². The summed E-state index contributed by atoms with van der Waals surface area (Å²) < 4.78 is 1.04. The van der Waals surface area contributed by atoms with E-state index < -0.39 is 0 Å². The van der Waals surface area contributed by atoms with Gasteiger partial charge in [-0.05, 0) is 5.87 Å². The van der Waals surface area contributed by atoms with Gasteiger partial charge in [-0.25, -0.2) is 15.0 Å². The van der Waals surface area contributed by atoms with Gasteiger partial charge in [0.05, 0.1) is 9.58 Å². The molecule has 66 valence electrons. The zero-order valence-electron chi connectivity index (χ0n) is 7.01. The van der Waals surface area contributed by atoms with Crippen LogP contribution < -0.4 is 0 Å². The highest BCUT2D eigenvalue weighted by atomic mass is 32.1. The molecule has 0 atom stereocenters.